The Hall–Kier alpha value is -2.30. The van der Waals surface area contributed by atoms with Crippen molar-refractivity contribution in [1.29, 1.82) is 0 Å². The van der Waals surface area contributed by atoms with Crippen LogP contribution < -0.4 is 11.1 Å². The van der Waals surface area contributed by atoms with Crippen LogP contribution in [-0.2, 0) is 4.79 Å². The number of carbonyl (C=O) groups is 2. The summed E-state index contributed by atoms with van der Waals surface area (Å²) in [5.74, 6) is -0.486. The Morgan fingerprint density at radius 3 is 2.89 bits per heavy atom. The highest BCUT2D eigenvalue weighted by Crippen LogP contribution is 2.14. The molecule has 0 saturated heterocycles. The standard InChI is InChI=1S/C13H15N3O2/c14-12(17)2-1-6-16-13(18)10-3-4-11-9(8-10)5-7-15-11/h3-5,7-8,15H,1-2,6H2,(H2,14,17)(H,16,18). The van der Waals surface area contributed by atoms with Crippen LogP contribution in [0.3, 0.4) is 0 Å². The van der Waals surface area contributed by atoms with Crippen molar-refractivity contribution >= 4 is 22.7 Å². The zero-order chi connectivity index (χ0) is 13.0. The summed E-state index contributed by atoms with van der Waals surface area (Å²) in [6.45, 7) is 0.451. The molecule has 2 rings (SSSR count). The molecule has 0 spiro atoms. The molecule has 5 nitrogen and oxygen atoms in total. The zero-order valence-electron chi connectivity index (χ0n) is 9.90. The van der Waals surface area contributed by atoms with Gasteiger partial charge in [0.25, 0.3) is 5.91 Å². The van der Waals surface area contributed by atoms with Gasteiger partial charge in [0, 0.05) is 35.6 Å². The van der Waals surface area contributed by atoms with Crippen LogP contribution in [0.25, 0.3) is 10.9 Å². The highest BCUT2D eigenvalue weighted by molar-refractivity contribution is 5.98. The number of primary amides is 1. The molecule has 0 aliphatic carbocycles. The second-order valence-electron chi connectivity index (χ2n) is 4.11. The number of hydrogen-bond donors (Lipinski definition) is 3. The summed E-state index contributed by atoms with van der Waals surface area (Å²) in [4.78, 5) is 25.4. The van der Waals surface area contributed by atoms with Gasteiger partial charge in [0.15, 0.2) is 0 Å². The molecule has 94 valence electrons. The van der Waals surface area contributed by atoms with Crippen molar-refractivity contribution < 1.29 is 9.59 Å². The predicted molar refractivity (Wildman–Crippen MR) is 69.1 cm³/mol. The van der Waals surface area contributed by atoms with Crippen molar-refractivity contribution in [2.45, 2.75) is 12.8 Å². The first-order valence-corrected chi connectivity index (χ1v) is 5.80. The van der Waals surface area contributed by atoms with Gasteiger partial charge >= 0.3 is 0 Å². The Balaban J connectivity index is 1.93. The molecule has 2 aromatic rings. The summed E-state index contributed by atoms with van der Waals surface area (Å²) >= 11 is 0. The number of benzene rings is 1. The molecule has 0 aliphatic rings. The summed E-state index contributed by atoms with van der Waals surface area (Å²) in [7, 11) is 0. The van der Waals surface area contributed by atoms with Crippen LogP contribution >= 0.6 is 0 Å². The normalized spacial score (nSPS) is 10.4. The second-order valence-corrected chi connectivity index (χ2v) is 4.11. The molecule has 5 heteroatoms. The Morgan fingerprint density at radius 2 is 2.11 bits per heavy atom. The molecule has 0 bridgehead atoms. The van der Waals surface area contributed by atoms with Gasteiger partial charge < -0.3 is 16.0 Å². The highest BCUT2D eigenvalue weighted by atomic mass is 16.2. The number of nitrogens with one attached hydrogen (secondary N) is 2. The lowest BCUT2D eigenvalue weighted by Gasteiger charge is -2.04. The molecule has 0 atom stereocenters. The highest BCUT2D eigenvalue weighted by Gasteiger charge is 2.06. The van der Waals surface area contributed by atoms with Crippen LogP contribution in [0.1, 0.15) is 23.2 Å². The van der Waals surface area contributed by atoms with Crippen LogP contribution in [0, 0.1) is 0 Å². The summed E-state index contributed by atoms with van der Waals surface area (Å²) in [5.41, 5.74) is 6.63. The predicted octanol–water partition coefficient (Wildman–Crippen LogP) is 1.16. The summed E-state index contributed by atoms with van der Waals surface area (Å²) in [6.07, 6.45) is 2.68. The minimum Gasteiger partial charge on any atom is -0.370 e. The van der Waals surface area contributed by atoms with E-state index in [0.717, 1.165) is 10.9 Å². The van der Waals surface area contributed by atoms with Crippen LogP contribution in [0.4, 0.5) is 0 Å². The molecule has 0 aliphatic heterocycles. The third-order valence-corrected chi connectivity index (χ3v) is 2.70. The van der Waals surface area contributed by atoms with Crippen LogP contribution in [0.5, 0.6) is 0 Å². The quantitative estimate of drug-likeness (QED) is 0.690. The maximum atomic E-state index is 11.8. The van der Waals surface area contributed by atoms with E-state index >= 15 is 0 Å². The number of nitrogens with two attached hydrogens (primary N) is 1. The van der Waals surface area contributed by atoms with E-state index in [4.69, 9.17) is 5.73 Å². The second kappa shape index (κ2) is 5.35. The maximum Gasteiger partial charge on any atom is 0.251 e. The van der Waals surface area contributed by atoms with Gasteiger partial charge in [-0.2, -0.15) is 0 Å². The summed E-state index contributed by atoms with van der Waals surface area (Å²) in [6, 6.07) is 7.38. The van der Waals surface area contributed by atoms with Crippen LogP contribution in [0.15, 0.2) is 30.5 Å². The van der Waals surface area contributed by atoms with E-state index in [-0.39, 0.29) is 18.2 Å². The molecule has 0 saturated carbocycles. The van der Waals surface area contributed by atoms with Crippen molar-refractivity contribution in [2.24, 2.45) is 5.73 Å². The molecule has 2 amide bonds. The van der Waals surface area contributed by atoms with Gasteiger partial charge in [-0.3, -0.25) is 9.59 Å². The first-order chi connectivity index (χ1) is 8.66. The SMILES string of the molecule is NC(=O)CCCNC(=O)c1ccc2[nH]ccc2c1. The van der Waals surface area contributed by atoms with Gasteiger partial charge in [0.2, 0.25) is 5.91 Å². The average molecular weight is 245 g/mol. The third-order valence-electron chi connectivity index (χ3n) is 2.70. The molecular formula is C13H15N3O2. The molecule has 4 N–H and O–H groups in total. The molecule has 0 unspecified atom stereocenters. The molecule has 0 fully saturated rings. The minimum absolute atomic E-state index is 0.137. The number of fused-ring (bicyclic) bond motifs is 1. The molecule has 18 heavy (non-hydrogen) atoms. The number of H-pyrrole nitrogens is 1. The van der Waals surface area contributed by atoms with E-state index in [1.807, 2.05) is 24.4 Å². The van der Waals surface area contributed by atoms with Gasteiger partial charge in [0.05, 0.1) is 0 Å². The third kappa shape index (κ3) is 2.88. The van der Waals surface area contributed by atoms with Gasteiger partial charge in [-0.15, -0.1) is 0 Å². The van der Waals surface area contributed by atoms with E-state index in [1.54, 1.807) is 6.07 Å². The van der Waals surface area contributed by atoms with Crippen molar-refractivity contribution in [3.05, 3.63) is 36.0 Å². The first-order valence-electron chi connectivity index (χ1n) is 5.80. The first kappa shape index (κ1) is 12.2. The van der Waals surface area contributed by atoms with Crippen LogP contribution in [-0.4, -0.2) is 23.3 Å². The Labute approximate surface area is 104 Å². The summed E-state index contributed by atoms with van der Waals surface area (Å²) < 4.78 is 0. The van der Waals surface area contributed by atoms with Crippen LogP contribution in [0.2, 0.25) is 0 Å². The Morgan fingerprint density at radius 1 is 1.28 bits per heavy atom. The van der Waals surface area contributed by atoms with Crippen molar-refractivity contribution in [1.82, 2.24) is 10.3 Å². The number of aromatic nitrogens is 1. The number of carbonyl (C=O) groups excluding carboxylic acids is 2. The lowest BCUT2D eigenvalue weighted by Crippen LogP contribution is -2.25. The lowest BCUT2D eigenvalue weighted by molar-refractivity contribution is -0.118. The molecule has 0 radical (unpaired) electrons. The van der Waals surface area contributed by atoms with E-state index < -0.39 is 0 Å². The largest absolute Gasteiger partial charge is 0.370 e. The average Bonchev–Trinajstić information content (AvgIpc) is 2.81. The molecular weight excluding hydrogens is 230 g/mol. The maximum absolute atomic E-state index is 11.8. The van der Waals surface area contributed by atoms with Crippen molar-refractivity contribution in [3.8, 4) is 0 Å². The van der Waals surface area contributed by atoms with E-state index in [2.05, 4.69) is 10.3 Å². The summed E-state index contributed by atoms with van der Waals surface area (Å²) in [5, 5.41) is 3.75. The van der Waals surface area contributed by atoms with Gasteiger partial charge in [-0.25, -0.2) is 0 Å². The van der Waals surface area contributed by atoms with Gasteiger partial charge in [-0.1, -0.05) is 0 Å². The van der Waals surface area contributed by atoms with Crippen molar-refractivity contribution in [3.63, 3.8) is 0 Å². The van der Waals surface area contributed by atoms with Gasteiger partial charge in [0.1, 0.15) is 0 Å². The fourth-order valence-corrected chi connectivity index (χ4v) is 1.76. The fraction of sp³-hybridized carbons (Fsp3) is 0.231. The fourth-order valence-electron chi connectivity index (χ4n) is 1.76. The Bertz CT molecular complexity index is 574. The van der Waals surface area contributed by atoms with E-state index in [1.165, 1.54) is 0 Å². The minimum atomic E-state index is -0.349. The lowest BCUT2D eigenvalue weighted by atomic mass is 10.1. The molecule has 1 aromatic carbocycles. The molecule has 1 aromatic heterocycles. The van der Waals surface area contributed by atoms with Gasteiger partial charge in [-0.05, 0) is 30.7 Å². The Kier molecular flexibility index (Phi) is 3.62. The smallest absolute Gasteiger partial charge is 0.251 e. The zero-order valence-corrected chi connectivity index (χ0v) is 9.90. The number of hydrogen-bond acceptors (Lipinski definition) is 2. The number of amides is 2. The number of rotatable bonds is 5. The number of aromatic amines is 1. The molecule has 1 heterocycles. The van der Waals surface area contributed by atoms with E-state index in [0.29, 0.717) is 18.5 Å². The van der Waals surface area contributed by atoms with Crippen molar-refractivity contribution in [2.75, 3.05) is 6.54 Å². The topological polar surface area (TPSA) is 88.0 Å². The monoisotopic (exact) mass is 245 g/mol. The van der Waals surface area contributed by atoms with E-state index in [9.17, 15) is 9.59 Å².